The molecule has 2 heterocycles. The van der Waals surface area contributed by atoms with E-state index in [4.69, 9.17) is 4.74 Å². The third kappa shape index (κ3) is 8.35. The molecule has 2 saturated heterocycles. The quantitative estimate of drug-likeness (QED) is 0.229. The Balaban J connectivity index is 0.00000320. The Morgan fingerprint density at radius 1 is 1.07 bits per heavy atom. The van der Waals surface area contributed by atoms with E-state index in [1.54, 1.807) is 7.11 Å². The van der Waals surface area contributed by atoms with E-state index in [1.807, 2.05) is 7.05 Å². The topological polar surface area (TPSA) is 40.1 Å². The first kappa shape index (κ1) is 25.4. The fourth-order valence-electron chi connectivity index (χ4n) is 4.75. The van der Waals surface area contributed by atoms with Crippen LogP contribution in [0.4, 0.5) is 0 Å². The van der Waals surface area contributed by atoms with Crippen molar-refractivity contribution in [2.75, 3.05) is 60.0 Å². The number of aliphatic imine (C=N–C) groups is 1. The molecule has 1 unspecified atom stereocenters. The predicted molar refractivity (Wildman–Crippen MR) is 137 cm³/mol. The molecule has 0 aromatic heterocycles. The highest BCUT2D eigenvalue weighted by atomic mass is 127. The number of benzene rings is 1. The number of rotatable bonds is 9. The van der Waals surface area contributed by atoms with Crippen LogP contribution in [0.5, 0.6) is 0 Å². The summed E-state index contributed by atoms with van der Waals surface area (Å²) in [6, 6.07) is 11.0. The van der Waals surface area contributed by atoms with Gasteiger partial charge in [-0.3, -0.25) is 4.99 Å². The van der Waals surface area contributed by atoms with E-state index in [9.17, 15) is 0 Å². The van der Waals surface area contributed by atoms with E-state index in [-0.39, 0.29) is 24.0 Å². The second-order valence-corrected chi connectivity index (χ2v) is 8.71. The predicted octanol–water partition coefficient (Wildman–Crippen LogP) is 3.88. The minimum atomic E-state index is 0. The lowest BCUT2D eigenvalue weighted by Crippen LogP contribution is -2.41. The van der Waals surface area contributed by atoms with Gasteiger partial charge >= 0.3 is 0 Å². The summed E-state index contributed by atoms with van der Waals surface area (Å²) >= 11 is 0. The Bertz CT molecular complexity index is 604. The summed E-state index contributed by atoms with van der Waals surface area (Å²) < 4.78 is 5.30. The minimum absolute atomic E-state index is 0. The van der Waals surface area contributed by atoms with E-state index in [0.717, 1.165) is 38.1 Å². The van der Waals surface area contributed by atoms with E-state index < -0.39 is 0 Å². The number of unbranched alkanes of at least 4 members (excludes halogenated alkanes) is 1. The number of ether oxygens (including phenoxy) is 1. The molecule has 6 heteroatoms. The number of guanidine groups is 1. The maximum Gasteiger partial charge on any atom is 0.193 e. The Morgan fingerprint density at radius 3 is 2.50 bits per heavy atom. The molecule has 2 fully saturated rings. The van der Waals surface area contributed by atoms with Gasteiger partial charge in [0.15, 0.2) is 5.96 Å². The largest absolute Gasteiger partial charge is 0.384 e. The number of methoxy groups -OCH3 is 1. The van der Waals surface area contributed by atoms with Crippen molar-refractivity contribution in [2.24, 2.45) is 16.8 Å². The Kier molecular flexibility index (Phi) is 12.1. The summed E-state index contributed by atoms with van der Waals surface area (Å²) in [5, 5.41) is 3.56. The monoisotopic (exact) mass is 528 g/mol. The maximum atomic E-state index is 5.30. The zero-order valence-electron chi connectivity index (χ0n) is 18.9. The fraction of sp³-hybridized carbons (Fsp3) is 0.708. The van der Waals surface area contributed by atoms with Gasteiger partial charge in [-0.25, -0.2) is 0 Å². The van der Waals surface area contributed by atoms with Gasteiger partial charge in [-0.2, -0.15) is 0 Å². The molecule has 170 valence electrons. The standard InChI is InChI=1S/C24H40N4O.HI/c1-25-24(28-17-12-23(19-28)20-29-2)26-13-6-7-14-27-15-10-22(11-16-27)18-21-8-4-3-5-9-21;/h3-5,8-9,22-23H,6-7,10-20H2,1-2H3,(H,25,26);1H. The van der Waals surface area contributed by atoms with E-state index in [2.05, 4.69) is 50.4 Å². The highest BCUT2D eigenvalue weighted by Crippen LogP contribution is 2.22. The molecule has 1 atom stereocenters. The first-order valence-corrected chi connectivity index (χ1v) is 11.5. The van der Waals surface area contributed by atoms with Gasteiger partial charge in [-0.1, -0.05) is 30.3 Å². The van der Waals surface area contributed by atoms with Crippen LogP contribution in [0, 0.1) is 11.8 Å². The normalized spacial score (nSPS) is 20.9. The Hall–Kier alpha value is -0.860. The molecular weight excluding hydrogens is 487 g/mol. The molecule has 1 N–H and O–H groups in total. The average Bonchev–Trinajstić information content (AvgIpc) is 3.21. The molecule has 0 aliphatic carbocycles. The summed E-state index contributed by atoms with van der Waals surface area (Å²) in [4.78, 5) is 9.51. The summed E-state index contributed by atoms with van der Waals surface area (Å²) in [6.45, 7) is 7.79. The second-order valence-electron chi connectivity index (χ2n) is 8.71. The number of hydrogen-bond acceptors (Lipinski definition) is 3. The molecule has 0 bridgehead atoms. The van der Waals surface area contributed by atoms with Crippen LogP contribution in [0.3, 0.4) is 0 Å². The molecule has 0 saturated carbocycles. The van der Waals surface area contributed by atoms with Crippen LogP contribution >= 0.6 is 24.0 Å². The highest BCUT2D eigenvalue weighted by Gasteiger charge is 2.24. The van der Waals surface area contributed by atoms with Gasteiger partial charge in [-0.15, -0.1) is 24.0 Å². The van der Waals surface area contributed by atoms with Crippen molar-refractivity contribution in [3.05, 3.63) is 35.9 Å². The van der Waals surface area contributed by atoms with Crippen LogP contribution in [0.15, 0.2) is 35.3 Å². The van der Waals surface area contributed by atoms with Crippen molar-refractivity contribution in [1.29, 1.82) is 0 Å². The van der Waals surface area contributed by atoms with Crippen LogP contribution in [-0.2, 0) is 11.2 Å². The van der Waals surface area contributed by atoms with Gasteiger partial charge in [0.1, 0.15) is 0 Å². The number of likely N-dealkylation sites (tertiary alicyclic amines) is 2. The highest BCUT2D eigenvalue weighted by molar-refractivity contribution is 14.0. The lowest BCUT2D eigenvalue weighted by atomic mass is 9.90. The number of nitrogens with zero attached hydrogens (tertiary/aromatic N) is 3. The number of halogens is 1. The Labute approximate surface area is 200 Å². The molecule has 30 heavy (non-hydrogen) atoms. The molecule has 0 spiro atoms. The van der Waals surface area contributed by atoms with Crippen molar-refractivity contribution in [2.45, 2.75) is 38.5 Å². The van der Waals surface area contributed by atoms with Crippen LogP contribution < -0.4 is 5.32 Å². The van der Waals surface area contributed by atoms with Crippen molar-refractivity contribution < 1.29 is 4.74 Å². The van der Waals surface area contributed by atoms with Gasteiger partial charge in [0, 0.05) is 39.7 Å². The van der Waals surface area contributed by atoms with Crippen molar-refractivity contribution in [3.8, 4) is 0 Å². The van der Waals surface area contributed by atoms with Gasteiger partial charge < -0.3 is 19.9 Å². The van der Waals surface area contributed by atoms with Crippen LogP contribution in [0.25, 0.3) is 0 Å². The maximum absolute atomic E-state index is 5.30. The number of piperidine rings is 1. The van der Waals surface area contributed by atoms with Gasteiger partial charge in [-0.05, 0) is 69.6 Å². The zero-order chi connectivity index (χ0) is 20.3. The molecule has 1 aromatic rings. The third-order valence-electron chi connectivity index (χ3n) is 6.46. The first-order valence-electron chi connectivity index (χ1n) is 11.5. The molecule has 2 aliphatic rings. The molecule has 1 aromatic carbocycles. The smallest absolute Gasteiger partial charge is 0.193 e. The van der Waals surface area contributed by atoms with E-state index in [1.165, 1.54) is 63.7 Å². The molecule has 0 radical (unpaired) electrons. The average molecular weight is 529 g/mol. The molecule has 0 amide bonds. The van der Waals surface area contributed by atoms with E-state index in [0.29, 0.717) is 5.92 Å². The third-order valence-corrected chi connectivity index (χ3v) is 6.46. The zero-order valence-corrected chi connectivity index (χ0v) is 21.2. The summed E-state index contributed by atoms with van der Waals surface area (Å²) in [6.07, 6.45) is 7.61. The minimum Gasteiger partial charge on any atom is -0.384 e. The molecule has 2 aliphatic heterocycles. The Morgan fingerprint density at radius 2 is 1.80 bits per heavy atom. The van der Waals surface area contributed by atoms with Gasteiger partial charge in [0.2, 0.25) is 0 Å². The van der Waals surface area contributed by atoms with E-state index >= 15 is 0 Å². The fourth-order valence-corrected chi connectivity index (χ4v) is 4.75. The SMILES string of the molecule is CN=C(NCCCCN1CCC(Cc2ccccc2)CC1)N1CCC(COC)C1.I. The van der Waals surface area contributed by atoms with Crippen LogP contribution in [-0.4, -0.2) is 75.8 Å². The number of nitrogens with one attached hydrogen (secondary N) is 1. The van der Waals surface area contributed by atoms with Gasteiger partial charge in [0.05, 0.1) is 6.61 Å². The van der Waals surface area contributed by atoms with Gasteiger partial charge in [0.25, 0.3) is 0 Å². The summed E-state index contributed by atoms with van der Waals surface area (Å²) in [5.74, 6) is 2.56. The number of hydrogen-bond donors (Lipinski definition) is 1. The van der Waals surface area contributed by atoms with Crippen molar-refractivity contribution >= 4 is 29.9 Å². The lowest BCUT2D eigenvalue weighted by molar-refractivity contribution is 0.157. The molecular formula is C24H41IN4O. The van der Waals surface area contributed by atoms with Crippen molar-refractivity contribution in [1.82, 2.24) is 15.1 Å². The lowest BCUT2D eigenvalue weighted by Gasteiger charge is -2.32. The molecule has 5 nitrogen and oxygen atoms in total. The van der Waals surface area contributed by atoms with Crippen LogP contribution in [0.1, 0.15) is 37.7 Å². The van der Waals surface area contributed by atoms with Crippen LogP contribution in [0.2, 0.25) is 0 Å². The second kappa shape index (κ2) is 14.2. The molecule has 3 rings (SSSR count). The summed E-state index contributed by atoms with van der Waals surface area (Å²) in [5.41, 5.74) is 1.50. The summed E-state index contributed by atoms with van der Waals surface area (Å²) in [7, 11) is 3.69. The van der Waals surface area contributed by atoms with Crippen molar-refractivity contribution in [3.63, 3.8) is 0 Å². The first-order chi connectivity index (χ1) is 14.3.